The third-order valence-electron chi connectivity index (χ3n) is 4.95. The predicted octanol–water partition coefficient (Wildman–Crippen LogP) is 3.69. The third kappa shape index (κ3) is 3.42. The zero-order valence-electron chi connectivity index (χ0n) is 15.2. The van der Waals surface area contributed by atoms with Crippen molar-refractivity contribution in [1.29, 1.82) is 0 Å². The first-order chi connectivity index (χ1) is 12.7. The van der Waals surface area contributed by atoms with Crippen LogP contribution in [0.15, 0.2) is 65.7 Å². The lowest BCUT2D eigenvalue weighted by Crippen LogP contribution is -2.36. The van der Waals surface area contributed by atoms with Gasteiger partial charge in [-0.25, -0.2) is 4.99 Å². The zero-order chi connectivity index (χ0) is 18.4. The lowest BCUT2D eigenvalue weighted by Gasteiger charge is -2.26. The summed E-state index contributed by atoms with van der Waals surface area (Å²) in [4.78, 5) is 18.3. The van der Waals surface area contributed by atoms with Crippen molar-refractivity contribution in [3.63, 3.8) is 0 Å². The van der Waals surface area contributed by atoms with Gasteiger partial charge < -0.3 is 10.5 Å². The number of amidine groups is 1. The zero-order valence-corrected chi connectivity index (χ0v) is 15.2. The van der Waals surface area contributed by atoms with Gasteiger partial charge in [0, 0.05) is 13.2 Å². The fourth-order valence-electron chi connectivity index (χ4n) is 3.63. The third-order valence-corrected chi connectivity index (χ3v) is 4.95. The van der Waals surface area contributed by atoms with Crippen molar-refractivity contribution in [3.05, 3.63) is 71.8 Å². The maximum Gasteiger partial charge on any atom is 0.180 e. The number of carbonyl (C=O) groups is 1. The van der Waals surface area contributed by atoms with Crippen LogP contribution in [0.5, 0.6) is 0 Å². The van der Waals surface area contributed by atoms with Crippen LogP contribution in [0.3, 0.4) is 0 Å². The van der Waals surface area contributed by atoms with Gasteiger partial charge in [-0.15, -0.1) is 0 Å². The minimum absolute atomic E-state index is 0.0730. The summed E-state index contributed by atoms with van der Waals surface area (Å²) >= 11 is 0. The fraction of sp³-hybridized carbons (Fsp3) is 0.364. The second kappa shape index (κ2) is 8.28. The lowest BCUT2D eigenvalue weighted by atomic mass is 9.77. The van der Waals surface area contributed by atoms with Gasteiger partial charge in [-0.05, 0) is 37.3 Å². The SMILES string of the molecule is CCOCCCCC1C(=O)C(c2ccccc2)(c2ccccc2)N=C1N. The van der Waals surface area contributed by atoms with Crippen LogP contribution in [0.1, 0.15) is 37.3 Å². The molecule has 26 heavy (non-hydrogen) atoms. The quantitative estimate of drug-likeness (QED) is 0.739. The van der Waals surface area contributed by atoms with Gasteiger partial charge in [0.2, 0.25) is 0 Å². The van der Waals surface area contributed by atoms with E-state index in [0.29, 0.717) is 12.3 Å². The molecule has 1 unspecified atom stereocenters. The van der Waals surface area contributed by atoms with Crippen LogP contribution in [0.25, 0.3) is 0 Å². The van der Waals surface area contributed by atoms with E-state index in [9.17, 15) is 4.79 Å². The van der Waals surface area contributed by atoms with E-state index >= 15 is 0 Å². The van der Waals surface area contributed by atoms with Crippen molar-refractivity contribution >= 4 is 11.6 Å². The van der Waals surface area contributed by atoms with Crippen LogP contribution in [-0.2, 0) is 15.1 Å². The Morgan fingerprint density at radius 3 is 2.12 bits per heavy atom. The van der Waals surface area contributed by atoms with Gasteiger partial charge in [-0.2, -0.15) is 0 Å². The van der Waals surface area contributed by atoms with E-state index < -0.39 is 5.54 Å². The minimum Gasteiger partial charge on any atom is -0.387 e. The highest BCUT2D eigenvalue weighted by Gasteiger charge is 2.50. The summed E-state index contributed by atoms with van der Waals surface area (Å²) in [5.41, 5.74) is 6.97. The number of rotatable bonds is 8. The van der Waals surface area contributed by atoms with Crippen molar-refractivity contribution in [3.8, 4) is 0 Å². The Bertz CT molecular complexity index is 717. The molecule has 2 aromatic carbocycles. The molecule has 0 aromatic heterocycles. The molecule has 1 aliphatic rings. The number of nitrogens with two attached hydrogens (primary N) is 1. The molecule has 4 heteroatoms. The van der Waals surface area contributed by atoms with Gasteiger partial charge in [0.1, 0.15) is 5.84 Å². The molecule has 1 atom stereocenters. The maximum absolute atomic E-state index is 13.5. The number of hydrogen-bond donors (Lipinski definition) is 1. The highest BCUT2D eigenvalue weighted by atomic mass is 16.5. The summed E-state index contributed by atoms with van der Waals surface area (Å²) < 4.78 is 5.39. The molecule has 1 heterocycles. The maximum atomic E-state index is 13.5. The molecule has 4 nitrogen and oxygen atoms in total. The number of Topliss-reactive ketones (excluding diaryl/α,β-unsaturated/α-hetero) is 1. The first kappa shape index (κ1) is 18.3. The molecular formula is C22H26N2O2. The number of hydrogen-bond acceptors (Lipinski definition) is 4. The van der Waals surface area contributed by atoms with E-state index in [1.807, 2.05) is 67.6 Å². The molecule has 0 radical (unpaired) electrons. The highest BCUT2D eigenvalue weighted by Crippen LogP contribution is 2.42. The monoisotopic (exact) mass is 350 g/mol. The summed E-state index contributed by atoms with van der Waals surface area (Å²) in [5.74, 6) is 0.181. The molecule has 0 fully saturated rings. The summed E-state index contributed by atoms with van der Waals surface area (Å²) in [6, 6.07) is 19.5. The normalized spacial score (nSPS) is 18.7. The average molecular weight is 350 g/mol. The molecule has 0 bridgehead atoms. The summed E-state index contributed by atoms with van der Waals surface area (Å²) in [7, 11) is 0. The van der Waals surface area contributed by atoms with E-state index in [-0.39, 0.29) is 11.7 Å². The molecule has 0 saturated carbocycles. The van der Waals surface area contributed by atoms with Gasteiger partial charge in [0.25, 0.3) is 0 Å². The molecule has 0 spiro atoms. The number of ketones is 1. The van der Waals surface area contributed by atoms with Crippen LogP contribution in [0.4, 0.5) is 0 Å². The molecule has 136 valence electrons. The van der Waals surface area contributed by atoms with Crippen LogP contribution in [0, 0.1) is 5.92 Å². The molecule has 2 N–H and O–H groups in total. The van der Waals surface area contributed by atoms with Gasteiger partial charge in [-0.3, -0.25) is 4.79 Å². The van der Waals surface area contributed by atoms with Crippen molar-refractivity contribution in [2.75, 3.05) is 13.2 Å². The topological polar surface area (TPSA) is 64.7 Å². The standard InChI is InChI=1S/C22H26N2O2/c1-2-26-16-10-9-15-19-20(25)22(24-21(19)23,17-11-5-3-6-12-17)18-13-7-4-8-14-18/h3-8,11-14,19H,2,9-10,15-16H2,1H3,(H2,23,24). The minimum atomic E-state index is -1.03. The first-order valence-electron chi connectivity index (χ1n) is 9.28. The number of unbranched alkanes of at least 4 members (excludes halogenated alkanes) is 1. The van der Waals surface area contributed by atoms with Crippen molar-refractivity contribution in [1.82, 2.24) is 0 Å². The van der Waals surface area contributed by atoms with Crippen molar-refractivity contribution in [2.24, 2.45) is 16.6 Å². The van der Waals surface area contributed by atoms with Gasteiger partial charge in [0.05, 0.1) is 5.92 Å². The molecule has 3 rings (SSSR count). The number of ether oxygens (including phenoxy) is 1. The van der Waals surface area contributed by atoms with E-state index in [1.54, 1.807) is 0 Å². The molecular weight excluding hydrogens is 324 g/mol. The average Bonchev–Trinajstić information content (AvgIpc) is 2.94. The van der Waals surface area contributed by atoms with Gasteiger partial charge in [0.15, 0.2) is 11.3 Å². The summed E-state index contributed by atoms with van der Waals surface area (Å²) in [6.45, 7) is 3.42. The van der Waals surface area contributed by atoms with Gasteiger partial charge >= 0.3 is 0 Å². The van der Waals surface area contributed by atoms with Crippen LogP contribution in [0.2, 0.25) is 0 Å². The highest BCUT2D eigenvalue weighted by molar-refractivity contribution is 6.14. The Morgan fingerprint density at radius 2 is 1.58 bits per heavy atom. The molecule has 1 aliphatic heterocycles. The van der Waals surface area contributed by atoms with Crippen molar-refractivity contribution in [2.45, 2.75) is 31.7 Å². The summed E-state index contributed by atoms with van der Waals surface area (Å²) in [6.07, 6.45) is 2.53. The Kier molecular flexibility index (Phi) is 5.84. The Hall–Kier alpha value is -2.46. The van der Waals surface area contributed by atoms with E-state index in [4.69, 9.17) is 15.5 Å². The Balaban J connectivity index is 1.90. The first-order valence-corrected chi connectivity index (χ1v) is 9.28. The second-order valence-corrected chi connectivity index (χ2v) is 6.59. The molecule has 0 aliphatic carbocycles. The number of aliphatic imine (C=N–C) groups is 1. The van der Waals surface area contributed by atoms with Crippen molar-refractivity contribution < 1.29 is 9.53 Å². The van der Waals surface area contributed by atoms with E-state index in [1.165, 1.54) is 0 Å². The number of benzene rings is 2. The van der Waals surface area contributed by atoms with Crippen LogP contribution in [-0.4, -0.2) is 24.8 Å². The fourth-order valence-corrected chi connectivity index (χ4v) is 3.63. The predicted molar refractivity (Wildman–Crippen MR) is 104 cm³/mol. The van der Waals surface area contributed by atoms with E-state index in [2.05, 4.69) is 0 Å². The largest absolute Gasteiger partial charge is 0.387 e. The molecule has 0 amide bonds. The summed E-state index contributed by atoms with van der Waals surface area (Å²) in [5, 5.41) is 0. The lowest BCUT2D eigenvalue weighted by molar-refractivity contribution is -0.124. The molecule has 2 aromatic rings. The smallest absolute Gasteiger partial charge is 0.180 e. The molecule has 0 saturated heterocycles. The number of carbonyl (C=O) groups excluding carboxylic acids is 1. The second-order valence-electron chi connectivity index (χ2n) is 6.59. The van der Waals surface area contributed by atoms with Crippen LogP contribution >= 0.6 is 0 Å². The van der Waals surface area contributed by atoms with E-state index in [0.717, 1.165) is 37.2 Å². The Morgan fingerprint density at radius 1 is 1.00 bits per heavy atom. The number of nitrogens with zero attached hydrogens (tertiary/aromatic N) is 1. The Labute approximate surface area is 155 Å². The van der Waals surface area contributed by atoms with Crippen LogP contribution < -0.4 is 5.73 Å². The van der Waals surface area contributed by atoms with Gasteiger partial charge in [-0.1, -0.05) is 60.7 Å².